The molecule has 9 nitrogen and oxygen atoms in total. The molecule has 1 aromatic heterocycles. The molecule has 2 N–H and O–H groups in total. The van der Waals surface area contributed by atoms with E-state index in [4.69, 9.17) is 13.9 Å². The summed E-state index contributed by atoms with van der Waals surface area (Å²) in [5.74, 6) is 0.269. The zero-order valence-corrected chi connectivity index (χ0v) is 24.8. The first-order chi connectivity index (χ1) is 20.1. The average molecular weight is 591 g/mol. The number of rotatable bonds is 11. The Morgan fingerprint density at radius 2 is 1.62 bits per heavy atom. The van der Waals surface area contributed by atoms with Crippen LogP contribution in [0.15, 0.2) is 76.0 Å². The van der Waals surface area contributed by atoms with Gasteiger partial charge in [-0.2, -0.15) is 4.72 Å². The number of fused-ring (bicyclic) bond motifs is 1. The highest BCUT2D eigenvalue weighted by Crippen LogP contribution is 2.36. The third-order valence-corrected chi connectivity index (χ3v) is 8.79. The number of ether oxygens (including phenoxy) is 2. The van der Waals surface area contributed by atoms with E-state index >= 15 is 0 Å². The van der Waals surface area contributed by atoms with Crippen LogP contribution in [-0.4, -0.2) is 40.1 Å². The highest BCUT2D eigenvalue weighted by molar-refractivity contribution is 7.89. The number of furan rings is 1. The van der Waals surface area contributed by atoms with Crippen LogP contribution in [0.3, 0.4) is 0 Å². The SMILES string of the molecule is COC(=O)[C@@H](NS(=O)(=O)c1ccc(-c2ccc(NC(=O)c3oc4cccc(OCC5CC5)c4c3C)cc2)cc1)C(C)C. The van der Waals surface area contributed by atoms with Gasteiger partial charge in [-0.1, -0.05) is 44.2 Å². The van der Waals surface area contributed by atoms with Crippen molar-refractivity contribution in [2.45, 2.75) is 44.6 Å². The molecule has 0 bridgehead atoms. The summed E-state index contributed by atoms with van der Waals surface area (Å²) in [6, 6.07) is 18.1. The van der Waals surface area contributed by atoms with E-state index in [1.807, 2.05) is 37.3 Å². The second-order valence-electron chi connectivity index (χ2n) is 10.9. The molecule has 1 aliphatic carbocycles. The van der Waals surface area contributed by atoms with Gasteiger partial charge in [-0.05, 0) is 79.1 Å². The molecule has 4 aromatic rings. The lowest BCUT2D eigenvalue weighted by Crippen LogP contribution is -2.44. The normalized spacial score (nSPS) is 14.1. The molecule has 0 radical (unpaired) electrons. The Morgan fingerprint density at radius 1 is 0.976 bits per heavy atom. The van der Waals surface area contributed by atoms with Crippen LogP contribution >= 0.6 is 0 Å². The molecule has 220 valence electrons. The lowest BCUT2D eigenvalue weighted by molar-refractivity contribution is -0.143. The van der Waals surface area contributed by atoms with Crippen molar-refractivity contribution in [1.82, 2.24) is 4.72 Å². The monoisotopic (exact) mass is 590 g/mol. The predicted molar refractivity (Wildman–Crippen MR) is 160 cm³/mol. The van der Waals surface area contributed by atoms with Gasteiger partial charge >= 0.3 is 5.97 Å². The molecule has 1 saturated carbocycles. The highest BCUT2D eigenvalue weighted by Gasteiger charge is 2.29. The van der Waals surface area contributed by atoms with Crippen molar-refractivity contribution in [1.29, 1.82) is 0 Å². The summed E-state index contributed by atoms with van der Waals surface area (Å²) in [6.07, 6.45) is 2.38. The Hall–Kier alpha value is -4.15. The Bertz CT molecular complexity index is 1700. The molecule has 42 heavy (non-hydrogen) atoms. The third kappa shape index (κ3) is 6.34. The maximum Gasteiger partial charge on any atom is 0.324 e. The number of benzene rings is 3. The van der Waals surface area contributed by atoms with E-state index in [0.29, 0.717) is 23.8 Å². The van der Waals surface area contributed by atoms with Gasteiger partial charge in [-0.15, -0.1) is 0 Å². The molecule has 0 saturated heterocycles. The summed E-state index contributed by atoms with van der Waals surface area (Å²) >= 11 is 0. The number of nitrogens with one attached hydrogen (secondary N) is 2. The van der Waals surface area contributed by atoms with Crippen LogP contribution in [0.25, 0.3) is 22.1 Å². The van der Waals surface area contributed by atoms with Crippen molar-refractivity contribution in [3.8, 4) is 16.9 Å². The molecule has 5 rings (SSSR count). The summed E-state index contributed by atoms with van der Waals surface area (Å²) in [7, 11) is -2.72. The maximum absolute atomic E-state index is 13.1. The molecule has 0 aliphatic heterocycles. The number of esters is 1. The fourth-order valence-electron chi connectivity index (χ4n) is 4.67. The summed E-state index contributed by atoms with van der Waals surface area (Å²) < 4.78 is 44.8. The van der Waals surface area contributed by atoms with Crippen molar-refractivity contribution in [3.05, 3.63) is 78.1 Å². The van der Waals surface area contributed by atoms with Gasteiger partial charge in [-0.25, -0.2) is 8.42 Å². The first-order valence-electron chi connectivity index (χ1n) is 13.8. The van der Waals surface area contributed by atoms with Gasteiger partial charge in [0.05, 0.1) is 24.0 Å². The van der Waals surface area contributed by atoms with Crippen LogP contribution in [-0.2, 0) is 19.6 Å². The third-order valence-electron chi connectivity index (χ3n) is 7.34. The summed E-state index contributed by atoms with van der Waals surface area (Å²) in [6.45, 7) is 5.99. The van der Waals surface area contributed by atoms with Crippen molar-refractivity contribution in [2.75, 3.05) is 19.0 Å². The number of hydrogen-bond acceptors (Lipinski definition) is 7. The fraction of sp³-hybridized carbons (Fsp3) is 0.312. The Morgan fingerprint density at radius 3 is 2.21 bits per heavy atom. The molecule has 1 heterocycles. The topological polar surface area (TPSA) is 124 Å². The van der Waals surface area contributed by atoms with Crippen LogP contribution in [0.2, 0.25) is 0 Å². The summed E-state index contributed by atoms with van der Waals surface area (Å²) in [5, 5.41) is 3.70. The van der Waals surface area contributed by atoms with E-state index in [-0.39, 0.29) is 22.5 Å². The Labute approximate surface area is 245 Å². The zero-order valence-electron chi connectivity index (χ0n) is 24.0. The van der Waals surface area contributed by atoms with Crippen molar-refractivity contribution >= 4 is 38.6 Å². The number of amides is 1. The summed E-state index contributed by atoms with van der Waals surface area (Å²) in [5.41, 5.74) is 3.53. The molecular weight excluding hydrogens is 556 g/mol. The van der Waals surface area contributed by atoms with Crippen molar-refractivity contribution < 1.29 is 31.9 Å². The lowest BCUT2D eigenvalue weighted by Gasteiger charge is -2.19. The maximum atomic E-state index is 13.1. The van der Waals surface area contributed by atoms with E-state index in [1.165, 1.54) is 32.1 Å². The van der Waals surface area contributed by atoms with Crippen LogP contribution in [0.4, 0.5) is 5.69 Å². The molecule has 0 spiro atoms. The van der Waals surface area contributed by atoms with Crippen LogP contribution in [0, 0.1) is 18.8 Å². The second kappa shape index (κ2) is 12.0. The van der Waals surface area contributed by atoms with Gasteiger partial charge in [-0.3, -0.25) is 9.59 Å². The minimum atomic E-state index is -3.94. The molecule has 1 amide bonds. The largest absolute Gasteiger partial charge is 0.493 e. The van der Waals surface area contributed by atoms with E-state index < -0.39 is 22.0 Å². The van der Waals surface area contributed by atoms with Crippen LogP contribution < -0.4 is 14.8 Å². The molecule has 0 unspecified atom stereocenters. The van der Waals surface area contributed by atoms with E-state index in [2.05, 4.69) is 10.0 Å². The smallest absolute Gasteiger partial charge is 0.324 e. The average Bonchev–Trinajstić information content (AvgIpc) is 3.75. The zero-order chi connectivity index (χ0) is 30.0. The molecule has 1 atom stereocenters. The van der Waals surface area contributed by atoms with Gasteiger partial charge in [0.1, 0.15) is 17.4 Å². The number of carbonyl (C=O) groups excluding carboxylic acids is 2. The van der Waals surface area contributed by atoms with Gasteiger partial charge in [0.25, 0.3) is 5.91 Å². The lowest BCUT2D eigenvalue weighted by atomic mass is 10.1. The van der Waals surface area contributed by atoms with E-state index in [0.717, 1.165) is 27.8 Å². The number of carbonyl (C=O) groups is 2. The Kier molecular flexibility index (Phi) is 8.38. The second-order valence-corrected chi connectivity index (χ2v) is 12.6. The van der Waals surface area contributed by atoms with Crippen molar-refractivity contribution in [2.24, 2.45) is 11.8 Å². The summed E-state index contributed by atoms with van der Waals surface area (Å²) in [4.78, 5) is 25.2. The molecule has 1 aliphatic rings. The quantitative estimate of drug-likeness (QED) is 0.208. The van der Waals surface area contributed by atoms with Crippen molar-refractivity contribution in [3.63, 3.8) is 0 Å². The number of methoxy groups -OCH3 is 1. The van der Waals surface area contributed by atoms with Gasteiger partial charge in [0.15, 0.2) is 5.76 Å². The number of anilines is 1. The molecule has 1 fully saturated rings. The minimum absolute atomic E-state index is 0.0342. The molecular formula is C32H34N2O7S. The first-order valence-corrected chi connectivity index (χ1v) is 15.3. The predicted octanol–water partition coefficient (Wildman–Crippen LogP) is 5.93. The van der Waals surface area contributed by atoms with Gasteiger partial charge in [0, 0.05) is 11.3 Å². The Balaban J connectivity index is 1.27. The van der Waals surface area contributed by atoms with Crippen LogP contribution in [0.1, 0.15) is 42.8 Å². The van der Waals surface area contributed by atoms with Gasteiger partial charge in [0.2, 0.25) is 10.0 Å². The molecule has 3 aromatic carbocycles. The van der Waals surface area contributed by atoms with E-state index in [1.54, 1.807) is 38.1 Å². The standard InChI is InChI=1S/C32H34N2O7S/c1-19(2)29(32(36)39-4)34-42(37,38)25-16-12-23(13-17-25)22-10-14-24(15-11-22)33-31(35)30-20(3)28-26(40-18-21-8-9-21)6-5-7-27(28)41-30/h5-7,10-17,19,21,29,34H,8-9,18H2,1-4H3,(H,33,35)/t29-/m0/s1. The highest BCUT2D eigenvalue weighted by atomic mass is 32.2. The van der Waals surface area contributed by atoms with Gasteiger partial charge < -0.3 is 19.2 Å². The number of sulfonamides is 1. The number of aryl methyl sites for hydroxylation is 1. The first kappa shape index (κ1) is 29.3. The minimum Gasteiger partial charge on any atom is -0.493 e. The number of hydrogen-bond donors (Lipinski definition) is 2. The molecule has 10 heteroatoms. The van der Waals surface area contributed by atoms with Crippen LogP contribution in [0.5, 0.6) is 5.75 Å². The van der Waals surface area contributed by atoms with E-state index in [9.17, 15) is 18.0 Å². The fourth-order valence-corrected chi connectivity index (χ4v) is 6.01.